The van der Waals surface area contributed by atoms with Crippen LogP contribution in [0.25, 0.3) is 22.4 Å². The smallest absolute Gasteiger partial charge is 0.306 e. The van der Waals surface area contributed by atoms with Gasteiger partial charge in [-0.2, -0.15) is 0 Å². The van der Waals surface area contributed by atoms with Crippen molar-refractivity contribution in [3.8, 4) is 11.4 Å². The molecule has 0 radical (unpaired) electrons. The largest absolute Gasteiger partial charge is 0.461 e. The van der Waals surface area contributed by atoms with Crippen molar-refractivity contribution in [1.29, 1.82) is 0 Å². The fraction of sp³-hybridized carbons (Fsp3) is 0.333. The minimum absolute atomic E-state index is 0.134. The van der Waals surface area contributed by atoms with Crippen molar-refractivity contribution in [3.63, 3.8) is 0 Å². The van der Waals surface area contributed by atoms with Gasteiger partial charge in [0.05, 0.1) is 11.1 Å². The highest BCUT2D eigenvalue weighted by Gasteiger charge is 2.21. The molecule has 0 bridgehead atoms. The molecule has 2 aromatic carbocycles. The van der Waals surface area contributed by atoms with Gasteiger partial charge >= 0.3 is 5.97 Å². The maximum absolute atomic E-state index is 12.0. The Bertz CT molecular complexity index is 1150. The average molecular weight is 486 g/mol. The highest BCUT2D eigenvalue weighted by Crippen LogP contribution is 2.32. The Morgan fingerprint density at radius 2 is 1.82 bits per heavy atom. The summed E-state index contributed by atoms with van der Waals surface area (Å²) in [5, 5.41) is 0.134. The van der Waals surface area contributed by atoms with Gasteiger partial charge in [-0.3, -0.25) is 14.4 Å². The highest BCUT2D eigenvalue weighted by atomic mass is 33.1. The number of hydrogen-bond acceptors (Lipinski definition) is 7. The van der Waals surface area contributed by atoms with Crippen molar-refractivity contribution in [3.05, 3.63) is 53.6 Å². The van der Waals surface area contributed by atoms with Crippen LogP contribution in [0, 0.1) is 5.41 Å². The number of nitrogens with one attached hydrogen (secondary N) is 1. The van der Waals surface area contributed by atoms with E-state index >= 15 is 0 Å². The van der Waals surface area contributed by atoms with E-state index in [1.807, 2.05) is 51.1 Å². The molecule has 0 unspecified atom stereocenters. The highest BCUT2D eigenvalue weighted by molar-refractivity contribution is 8.82. The second-order valence-corrected chi connectivity index (χ2v) is 10.9. The zero-order valence-electron chi connectivity index (χ0n) is 18.8. The number of imidazole rings is 1. The third kappa shape index (κ3) is 6.85. The molecule has 1 aromatic heterocycles. The summed E-state index contributed by atoms with van der Waals surface area (Å²) in [5.41, 5.74) is 8.42. The second kappa shape index (κ2) is 10.9. The van der Waals surface area contributed by atoms with E-state index in [1.54, 1.807) is 12.1 Å². The van der Waals surface area contributed by atoms with Crippen LogP contribution in [0.4, 0.5) is 0 Å². The maximum atomic E-state index is 12.0. The van der Waals surface area contributed by atoms with Gasteiger partial charge in [-0.25, -0.2) is 4.98 Å². The van der Waals surface area contributed by atoms with Gasteiger partial charge in [0.25, 0.3) is 5.91 Å². The van der Waals surface area contributed by atoms with Crippen LogP contribution in [-0.4, -0.2) is 32.7 Å². The Kier molecular flexibility index (Phi) is 8.20. The standard InChI is InChI=1S/C24H27N3O4S2/c1-24(2,3)23(30)33-32-13-5-8-19(28)31-14-15-9-11-16(12-10-15)22-26-18-7-4-6-17(21(25)29)20(18)27-22/h4,6-7,9-12H,5,8,13-14H2,1-3H3,(H2,25,29)(H,26,27). The molecule has 0 aliphatic heterocycles. The third-order valence-electron chi connectivity index (χ3n) is 4.76. The maximum Gasteiger partial charge on any atom is 0.306 e. The number of nitrogens with two attached hydrogens (primary N) is 1. The normalized spacial score (nSPS) is 11.5. The number of ether oxygens (including phenoxy) is 1. The SMILES string of the molecule is CC(C)(C)C(=O)SSCCCC(=O)OCc1ccc(-c2nc3c(C(N)=O)cccc3[nH]2)cc1. The number of fused-ring (bicyclic) bond motifs is 1. The lowest BCUT2D eigenvalue weighted by Gasteiger charge is -2.14. The number of aromatic amines is 1. The van der Waals surface area contributed by atoms with Gasteiger partial charge in [-0.1, -0.05) is 61.9 Å². The summed E-state index contributed by atoms with van der Waals surface area (Å²) in [4.78, 5) is 43.2. The summed E-state index contributed by atoms with van der Waals surface area (Å²) >= 11 is 0. The zero-order chi connectivity index (χ0) is 24.0. The number of H-pyrrole nitrogens is 1. The zero-order valence-corrected chi connectivity index (χ0v) is 20.5. The van der Waals surface area contributed by atoms with Gasteiger partial charge in [-0.15, -0.1) is 0 Å². The minimum atomic E-state index is -0.522. The summed E-state index contributed by atoms with van der Waals surface area (Å²) < 4.78 is 5.35. The van der Waals surface area contributed by atoms with Crippen LogP contribution in [0.3, 0.4) is 0 Å². The first-order valence-electron chi connectivity index (χ1n) is 10.5. The van der Waals surface area contributed by atoms with Crippen LogP contribution >= 0.6 is 21.6 Å². The van der Waals surface area contributed by atoms with Crippen molar-refractivity contribution < 1.29 is 19.1 Å². The predicted molar refractivity (Wildman–Crippen MR) is 134 cm³/mol. The quantitative estimate of drug-likeness (QED) is 0.246. The number of primary amides is 1. The van der Waals surface area contributed by atoms with Crippen LogP contribution in [0.15, 0.2) is 42.5 Å². The lowest BCUT2D eigenvalue weighted by Crippen LogP contribution is -2.15. The number of benzene rings is 2. The van der Waals surface area contributed by atoms with Crippen LogP contribution in [0.5, 0.6) is 0 Å². The lowest BCUT2D eigenvalue weighted by atomic mass is 10.00. The monoisotopic (exact) mass is 485 g/mol. The minimum Gasteiger partial charge on any atom is -0.461 e. The van der Waals surface area contributed by atoms with Crippen LogP contribution in [-0.2, 0) is 20.9 Å². The van der Waals surface area contributed by atoms with Gasteiger partial charge in [-0.05, 0) is 34.9 Å². The molecule has 33 heavy (non-hydrogen) atoms. The fourth-order valence-corrected chi connectivity index (χ4v) is 5.24. The number of nitrogens with zero attached hydrogens (tertiary/aromatic N) is 1. The van der Waals surface area contributed by atoms with E-state index in [-0.39, 0.29) is 23.1 Å². The molecule has 0 aliphatic carbocycles. The van der Waals surface area contributed by atoms with E-state index in [1.165, 1.54) is 21.6 Å². The average Bonchev–Trinajstić information content (AvgIpc) is 3.21. The first-order valence-corrected chi connectivity index (χ1v) is 12.8. The first kappa shape index (κ1) is 24.9. The molecule has 0 aliphatic rings. The summed E-state index contributed by atoms with van der Waals surface area (Å²) in [5.74, 6) is 0.558. The van der Waals surface area contributed by atoms with Crippen LogP contribution in [0.2, 0.25) is 0 Å². The molecule has 1 heterocycles. The van der Waals surface area contributed by atoms with Crippen molar-refractivity contribution in [2.24, 2.45) is 11.1 Å². The topological polar surface area (TPSA) is 115 Å². The van der Waals surface area contributed by atoms with Crippen LogP contribution < -0.4 is 5.73 Å². The van der Waals surface area contributed by atoms with Crippen molar-refractivity contribution in [2.75, 3.05) is 5.75 Å². The Labute approximate surface area is 200 Å². The van der Waals surface area contributed by atoms with Crippen LogP contribution in [0.1, 0.15) is 49.5 Å². The second-order valence-electron chi connectivity index (χ2n) is 8.56. The Morgan fingerprint density at radius 1 is 1.09 bits per heavy atom. The Morgan fingerprint density at radius 3 is 2.48 bits per heavy atom. The molecular weight excluding hydrogens is 458 g/mol. The third-order valence-corrected chi connectivity index (χ3v) is 7.41. The van der Waals surface area contributed by atoms with E-state index in [4.69, 9.17) is 10.5 Å². The number of hydrogen-bond donors (Lipinski definition) is 2. The molecule has 0 saturated heterocycles. The molecule has 1 amide bonds. The molecule has 3 rings (SSSR count). The summed E-state index contributed by atoms with van der Waals surface area (Å²) in [6, 6.07) is 12.7. The molecule has 3 aromatic rings. The number of amides is 1. The van der Waals surface area contributed by atoms with Crippen molar-refractivity contribution >= 4 is 49.6 Å². The number of para-hydroxylation sites is 1. The molecule has 0 fully saturated rings. The number of aromatic nitrogens is 2. The molecule has 0 saturated carbocycles. The molecule has 0 spiro atoms. The van der Waals surface area contributed by atoms with Crippen molar-refractivity contribution in [2.45, 2.75) is 40.2 Å². The lowest BCUT2D eigenvalue weighted by molar-refractivity contribution is -0.144. The number of rotatable bonds is 9. The summed E-state index contributed by atoms with van der Waals surface area (Å²) in [6.45, 7) is 5.87. The van der Waals surface area contributed by atoms with E-state index in [9.17, 15) is 14.4 Å². The van der Waals surface area contributed by atoms with Gasteiger partial charge in [0, 0.05) is 23.2 Å². The van der Waals surface area contributed by atoms with E-state index in [0.29, 0.717) is 35.5 Å². The van der Waals surface area contributed by atoms with Gasteiger partial charge in [0.1, 0.15) is 17.9 Å². The molecule has 7 nitrogen and oxygen atoms in total. The number of carbonyl (C=O) groups excluding carboxylic acids is 3. The molecule has 9 heteroatoms. The first-order chi connectivity index (χ1) is 15.6. The summed E-state index contributed by atoms with van der Waals surface area (Å²) in [6.07, 6.45) is 0.975. The molecule has 0 atom stereocenters. The molecular formula is C24H27N3O4S2. The van der Waals surface area contributed by atoms with Gasteiger partial charge < -0.3 is 15.5 Å². The Hall–Kier alpha value is -2.78. The Balaban J connectivity index is 1.47. The van der Waals surface area contributed by atoms with E-state index in [0.717, 1.165) is 16.6 Å². The predicted octanol–water partition coefficient (Wildman–Crippen LogP) is 5.11. The molecule has 174 valence electrons. The summed E-state index contributed by atoms with van der Waals surface area (Å²) in [7, 11) is 2.72. The van der Waals surface area contributed by atoms with E-state index in [2.05, 4.69) is 9.97 Å². The molecule has 3 N–H and O–H groups in total. The van der Waals surface area contributed by atoms with E-state index < -0.39 is 5.91 Å². The van der Waals surface area contributed by atoms with Gasteiger partial charge in [0.2, 0.25) is 5.12 Å². The number of esters is 1. The van der Waals surface area contributed by atoms with Gasteiger partial charge in [0.15, 0.2) is 0 Å². The fourth-order valence-electron chi connectivity index (χ4n) is 2.86. The van der Waals surface area contributed by atoms with Crippen molar-refractivity contribution in [1.82, 2.24) is 9.97 Å². The number of carbonyl (C=O) groups is 3.